The molecule has 2 atom stereocenters. The number of carbonyl (C=O) groups is 1. The van der Waals surface area contributed by atoms with Crippen LogP contribution in [0.2, 0.25) is 0 Å². The highest BCUT2D eigenvalue weighted by molar-refractivity contribution is 5.75. The van der Waals surface area contributed by atoms with Crippen LogP contribution >= 0.6 is 0 Å². The van der Waals surface area contributed by atoms with Gasteiger partial charge in [0, 0.05) is 13.7 Å². The second kappa shape index (κ2) is 7.76. The van der Waals surface area contributed by atoms with Gasteiger partial charge in [-0.1, -0.05) is 13.8 Å². The van der Waals surface area contributed by atoms with Crippen LogP contribution in [0, 0.1) is 0 Å². The van der Waals surface area contributed by atoms with Gasteiger partial charge in [0.15, 0.2) is 0 Å². The third-order valence-corrected chi connectivity index (χ3v) is 2.27. The van der Waals surface area contributed by atoms with E-state index in [1.165, 1.54) is 7.11 Å². The number of rotatable bonds is 7. The van der Waals surface area contributed by atoms with Gasteiger partial charge in [-0.2, -0.15) is 0 Å². The lowest BCUT2D eigenvalue weighted by molar-refractivity contribution is -0.143. The van der Waals surface area contributed by atoms with Gasteiger partial charge in [0.2, 0.25) is 0 Å². The van der Waals surface area contributed by atoms with E-state index in [-0.39, 0.29) is 18.1 Å². The van der Waals surface area contributed by atoms with Crippen LogP contribution in [0.25, 0.3) is 0 Å². The van der Waals surface area contributed by atoms with E-state index in [0.717, 1.165) is 12.8 Å². The van der Waals surface area contributed by atoms with Gasteiger partial charge in [-0.15, -0.1) is 0 Å². The predicted octanol–water partition coefficient (Wildman–Crippen LogP) is 0.953. The van der Waals surface area contributed by atoms with Crippen LogP contribution in [-0.4, -0.2) is 38.9 Å². The zero-order valence-corrected chi connectivity index (χ0v) is 9.50. The quantitative estimate of drug-likeness (QED) is 0.626. The van der Waals surface area contributed by atoms with Crippen molar-refractivity contribution in [3.8, 4) is 0 Å². The summed E-state index contributed by atoms with van der Waals surface area (Å²) in [6, 6.07) is -0.218. The molecule has 4 nitrogen and oxygen atoms in total. The molecule has 0 aromatic carbocycles. The summed E-state index contributed by atoms with van der Waals surface area (Å²) in [5.41, 5.74) is 0. The molecule has 0 fully saturated rings. The fourth-order valence-electron chi connectivity index (χ4n) is 1.20. The molecule has 0 aliphatic rings. The van der Waals surface area contributed by atoms with Crippen molar-refractivity contribution in [2.24, 2.45) is 0 Å². The molecule has 0 aromatic heterocycles. The van der Waals surface area contributed by atoms with E-state index < -0.39 is 0 Å². The molecule has 1 N–H and O–H groups in total. The van der Waals surface area contributed by atoms with E-state index in [4.69, 9.17) is 4.74 Å². The van der Waals surface area contributed by atoms with Gasteiger partial charge in [-0.05, 0) is 12.8 Å². The van der Waals surface area contributed by atoms with Crippen LogP contribution in [0.4, 0.5) is 0 Å². The molecule has 0 saturated carbocycles. The summed E-state index contributed by atoms with van der Waals surface area (Å²) in [6.45, 7) is 4.68. The Hall–Kier alpha value is -0.610. The summed E-state index contributed by atoms with van der Waals surface area (Å²) < 4.78 is 9.85. The molecule has 14 heavy (non-hydrogen) atoms. The van der Waals surface area contributed by atoms with E-state index in [0.29, 0.717) is 6.54 Å². The number of hydrogen-bond donors (Lipinski definition) is 1. The minimum absolute atomic E-state index is 0.161. The van der Waals surface area contributed by atoms with Crippen molar-refractivity contribution in [3.63, 3.8) is 0 Å². The Bertz CT molecular complexity index is 157. The maximum absolute atomic E-state index is 11.2. The Morgan fingerprint density at radius 1 is 1.29 bits per heavy atom. The molecule has 0 aliphatic heterocycles. The van der Waals surface area contributed by atoms with Crippen molar-refractivity contribution >= 4 is 5.97 Å². The van der Waals surface area contributed by atoms with E-state index in [9.17, 15) is 4.79 Å². The molecule has 4 heteroatoms. The normalized spacial score (nSPS) is 14.9. The van der Waals surface area contributed by atoms with Gasteiger partial charge >= 0.3 is 5.97 Å². The van der Waals surface area contributed by atoms with Crippen LogP contribution in [0.15, 0.2) is 0 Å². The molecule has 0 bridgehead atoms. The number of hydrogen-bond acceptors (Lipinski definition) is 4. The molecule has 2 unspecified atom stereocenters. The molecule has 0 saturated heterocycles. The van der Waals surface area contributed by atoms with Crippen molar-refractivity contribution in [3.05, 3.63) is 0 Å². The first-order chi connectivity index (χ1) is 6.69. The van der Waals surface area contributed by atoms with Crippen LogP contribution in [0.5, 0.6) is 0 Å². The molecule has 84 valence electrons. The highest BCUT2D eigenvalue weighted by Crippen LogP contribution is 1.98. The topological polar surface area (TPSA) is 47.6 Å². The van der Waals surface area contributed by atoms with E-state index in [1.807, 2.05) is 6.92 Å². The van der Waals surface area contributed by atoms with Crippen molar-refractivity contribution in [1.82, 2.24) is 5.32 Å². The van der Waals surface area contributed by atoms with Crippen molar-refractivity contribution in [2.75, 3.05) is 20.8 Å². The minimum Gasteiger partial charge on any atom is -0.468 e. The summed E-state index contributed by atoms with van der Waals surface area (Å²) in [5.74, 6) is -0.210. The minimum atomic E-state index is -0.218. The Labute approximate surface area is 86.0 Å². The maximum atomic E-state index is 11.2. The zero-order chi connectivity index (χ0) is 11.0. The molecule has 0 aliphatic carbocycles. The first-order valence-electron chi connectivity index (χ1n) is 5.03. The van der Waals surface area contributed by atoms with Crippen LogP contribution in [0.1, 0.15) is 26.7 Å². The van der Waals surface area contributed by atoms with Crippen molar-refractivity contribution < 1.29 is 14.3 Å². The van der Waals surface area contributed by atoms with E-state index in [1.54, 1.807) is 7.11 Å². The van der Waals surface area contributed by atoms with E-state index in [2.05, 4.69) is 17.0 Å². The predicted molar refractivity (Wildman–Crippen MR) is 55.2 cm³/mol. The maximum Gasteiger partial charge on any atom is 0.322 e. The summed E-state index contributed by atoms with van der Waals surface area (Å²) >= 11 is 0. The SMILES string of the molecule is CCC(CNC(CC)C(=O)OC)OC. The summed E-state index contributed by atoms with van der Waals surface area (Å²) in [4.78, 5) is 11.2. The fourth-order valence-corrected chi connectivity index (χ4v) is 1.20. The smallest absolute Gasteiger partial charge is 0.322 e. The van der Waals surface area contributed by atoms with Gasteiger partial charge in [-0.25, -0.2) is 0 Å². The largest absolute Gasteiger partial charge is 0.468 e. The van der Waals surface area contributed by atoms with Crippen LogP contribution in [-0.2, 0) is 14.3 Å². The molecular formula is C10H21NO3. The van der Waals surface area contributed by atoms with Gasteiger partial charge in [0.1, 0.15) is 6.04 Å². The van der Waals surface area contributed by atoms with Gasteiger partial charge in [0.05, 0.1) is 13.2 Å². The third-order valence-electron chi connectivity index (χ3n) is 2.27. The lowest BCUT2D eigenvalue weighted by atomic mass is 10.2. The average molecular weight is 203 g/mol. The summed E-state index contributed by atoms with van der Waals surface area (Å²) in [5, 5.41) is 3.12. The second-order valence-electron chi connectivity index (χ2n) is 3.16. The lowest BCUT2D eigenvalue weighted by Crippen LogP contribution is -2.41. The lowest BCUT2D eigenvalue weighted by Gasteiger charge is -2.18. The third kappa shape index (κ3) is 4.58. The summed E-state index contributed by atoms with van der Waals surface area (Å²) in [7, 11) is 3.08. The second-order valence-corrected chi connectivity index (χ2v) is 3.16. The Kier molecular flexibility index (Phi) is 7.42. The van der Waals surface area contributed by atoms with Crippen molar-refractivity contribution in [2.45, 2.75) is 38.8 Å². The monoisotopic (exact) mass is 203 g/mol. The molecule has 0 heterocycles. The average Bonchev–Trinajstić information content (AvgIpc) is 2.24. The standard InChI is InChI=1S/C10H21NO3/c1-5-8(13-3)7-11-9(6-2)10(12)14-4/h8-9,11H,5-7H2,1-4H3. The number of esters is 1. The van der Waals surface area contributed by atoms with Crippen LogP contribution in [0.3, 0.4) is 0 Å². The Morgan fingerprint density at radius 3 is 2.29 bits per heavy atom. The van der Waals surface area contributed by atoms with Gasteiger partial charge < -0.3 is 14.8 Å². The van der Waals surface area contributed by atoms with Crippen LogP contribution < -0.4 is 5.32 Å². The Morgan fingerprint density at radius 2 is 1.93 bits per heavy atom. The molecule has 0 radical (unpaired) electrons. The number of nitrogens with one attached hydrogen (secondary N) is 1. The first kappa shape index (κ1) is 13.4. The highest BCUT2D eigenvalue weighted by atomic mass is 16.5. The zero-order valence-electron chi connectivity index (χ0n) is 9.50. The molecule has 0 aromatic rings. The summed E-state index contributed by atoms with van der Waals surface area (Å²) in [6.07, 6.45) is 1.82. The van der Waals surface area contributed by atoms with Gasteiger partial charge in [0.25, 0.3) is 0 Å². The van der Waals surface area contributed by atoms with Crippen molar-refractivity contribution in [1.29, 1.82) is 0 Å². The number of ether oxygens (including phenoxy) is 2. The number of carbonyl (C=O) groups excluding carboxylic acids is 1. The van der Waals surface area contributed by atoms with E-state index >= 15 is 0 Å². The molecule has 0 spiro atoms. The molecular weight excluding hydrogens is 182 g/mol. The molecule has 0 rings (SSSR count). The first-order valence-corrected chi connectivity index (χ1v) is 5.03. The van der Waals surface area contributed by atoms with Gasteiger partial charge in [-0.3, -0.25) is 4.79 Å². The highest BCUT2D eigenvalue weighted by Gasteiger charge is 2.17. The fraction of sp³-hybridized carbons (Fsp3) is 0.900. The molecule has 0 amide bonds. The number of methoxy groups -OCH3 is 2. The Balaban J connectivity index is 3.88.